The molecule has 0 fully saturated rings. The summed E-state index contributed by atoms with van der Waals surface area (Å²) in [5, 5.41) is 9.56. The molecule has 0 aromatic carbocycles. The predicted octanol–water partition coefficient (Wildman–Crippen LogP) is 4.74. The van der Waals surface area contributed by atoms with Crippen LogP contribution in [-0.2, 0) is 9.53 Å². The number of rotatable bonds is 5. The molecule has 0 aromatic rings. The van der Waals surface area contributed by atoms with Gasteiger partial charge in [0.2, 0.25) is 5.88 Å². The van der Waals surface area contributed by atoms with Crippen molar-refractivity contribution in [3.05, 3.63) is 34.4 Å². The maximum atomic E-state index is 12.8. The summed E-state index contributed by atoms with van der Waals surface area (Å²) in [4.78, 5) is 12.8. The lowest BCUT2D eigenvalue weighted by molar-refractivity contribution is -0.119. The summed E-state index contributed by atoms with van der Waals surface area (Å²) in [6, 6.07) is 2.19. The molecule has 0 saturated carbocycles. The van der Waals surface area contributed by atoms with Gasteiger partial charge in [0.1, 0.15) is 11.8 Å². The number of carbonyl (C=O) groups is 1. The van der Waals surface area contributed by atoms with Crippen molar-refractivity contribution in [2.75, 3.05) is 0 Å². The second kappa shape index (κ2) is 7.47. The van der Waals surface area contributed by atoms with Gasteiger partial charge >= 0.3 is 0 Å². The highest BCUT2D eigenvalue weighted by Gasteiger charge is 2.42. The van der Waals surface area contributed by atoms with E-state index in [2.05, 4.69) is 46.8 Å². The molecule has 4 heteroatoms. The number of nitriles is 1. The molecule has 2 aliphatic rings. The topological polar surface area (TPSA) is 76.1 Å². The van der Waals surface area contributed by atoms with E-state index >= 15 is 0 Å². The molecule has 0 aromatic heterocycles. The van der Waals surface area contributed by atoms with E-state index < -0.39 is 0 Å². The summed E-state index contributed by atoms with van der Waals surface area (Å²) < 4.78 is 5.71. The zero-order chi connectivity index (χ0) is 18.8. The molecule has 2 N–H and O–H groups in total. The average molecular weight is 342 g/mol. The molecule has 1 aliphatic carbocycles. The third-order valence-electron chi connectivity index (χ3n) is 5.05. The lowest BCUT2D eigenvalue weighted by Crippen LogP contribution is -2.34. The Hall–Kier alpha value is -2.02. The van der Waals surface area contributed by atoms with Crippen LogP contribution in [0, 0.1) is 28.6 Å². The first-order valence-electron chi connectivity index (χ1n) is 9.12. The van der Waals surface area contributed by atoms with Crippen molar-refractivity contribution in [3.63, 3.8) is 0 Å². The molecule has 1 aliphatic heterocycles. The Morgan fingerprint density at radius 3 is 2.72 bits per heavy atom. The Bertz CT molecular complexity index is 685. The molecule has 0 amide bonds. The van der Waals surface area contributed by atoms with E-state index in [4.69, 9.17) is 10.5 Å². The van der Waals surface area contributed by atoms with Gasteiger partial charge in [-0.15, -0.1) is 0 Å². The molecule has 0 spiro atoms. The summed E-state index contributed by atoms with van der Waals surface area (Å²) in [5.74, 6) is 1.13. The van der Waals surface area contributed by atoms with Crippen molar-refractivity contribution in [2.45, 2.75) is 66.7 Å². The van der Waals surface area contributed by atoms with Crippen LogP contribution < -0.4 is 5.73 Å². The number of ether oxygens (including phenoxy) is 1. The highest BCUT2D eigenvalue weighted by Crippen LogP contribution is 2.46. The monoisotopic (exact) mass is 342 g/mol. The Labute approximate surface area is 151 Å². The molecule has 2 atom stereocenters. The number of allylic oxidation sites excluding steroid dienone is 5. The highest BCUT2D eigenvalue weighted by atomic mass is 16.5. The van der Waals surface area contributed by atoms with E-state index in [0.29, 0.717) is 35.7 Å². The quantitative estimate of drug-likeness (QED) is 0.732. The van der Waals surface area contributed by atoms with Gasteiger partial charge in [0, 0.05) is 24.3 Å². The standard InChI is InChI=1S/C21H30N2O2/c1-13(2)7-6-8-14(3)9-15-16(12-22)20(23)25-18-11-21(4,5)10-17(24)19(15)18/h7,14-15H,6,8-11,23H2,1-5H3. The largest absolute Gasteiger partial charge is 0.444 e. The minimum atomic E-state index is -0.223. The number of ketones is 1. The minimum absolute atomic E-state index is 0.105. The van der Waals surface area contributed by atoms with E-state index in [1.165, 1.54) is 5.57 Å². The maximum Gasteiger partial charge on any atom is 0.204 e. The molecule has 0 bridgehead atoms. The van der Waals surface area contributed by atoms with Gasteiger partial charge in [-0.2, -0.15) is 5.26 Å². The second-order valence-corrected chi connectivity index (χ2v) is 8.52. The second-order valence-electron chi connectivity index (χ2n) is 8.52. The molecule has 2 unspecified atom stereocenters. The molecule has 4 nitrogen and oxygen atoms in total. The summed E-state index contributed by atoms with van der Waals surface area (Å²) in [7, 11) is 0. The van der Waals surface area contributed by atoms with Crippen LogP contribution in [0.25, 0.3) is 0 Å². The van der Waals surface area contributed by atoms with E-state index in [9.17, 15) is 10.1 Å². The third kappa shape index (κ3) is 4.54. The first kappa shape index (κ1) is 19.3. The fraction of sp³-hybridized carbons (Fsp3) is 0.619. The fourth-order valence-electron chi connectivity index (χ4n) is 3.81. The van der Waals surface area contributed by atoms with E-state index in [0.717, 1.165) is 19.3 Å². The molecular weight excluding hydrogens is 312 g/mol. The number of nitrogens with zero attached hydrogens (tertiary/aromatic N) is 1. The Balaban J connectivity index is 2.26. The number of hydrogen-bond donors (Lipinski definition) is 1. The summed E-state index contributed by atoms with van der Waals surface area (Å²) >= 11 is 0. The van der Waals surface area contributed by atoms with Gasteiger partial charge in [0.05, 0.1) is 5.57 Å². The van der Waals surface area contributed by atoms with Crippen molar-refractivity contribution < 1.29 is 9.53 Å². The number of Topliss-reactive ketones (excluding diaryl/α,β-unsaturated/α-hetero) is 1. The van der Waals surface area contributed by atoms with Gasteiger partial charge in [-0.1, -0.05) is 32.4 Å². The first-order valence-corrected chi connectivity index (χ1v) is 9.12. The van der Waals surface area contributed by atoms with Crippen LogP contribution in [-0.4, -0.2) is 5.78 Å². The van der Waals surface area contributed by atoms with Crippen molar-refractivity contribution in [1.29, 1.82) is 5.26 Å². The van der Waals surface area contributed by atoms with Crippen LogP contribution in [0.2, 0.25) is 0 Å². The van der Waals surface area contributed by atoms with Gasteiger partial charge in [0.15, 0.2) is 5.78 Å². The van der Waals surface area contributed by atoms with Gasteiger partial charge in [0.25, 0.3) is 0 Å². The zero-order valence-corrected chi connectivity index (χ0v) is 16.1. The zero-order valence-electron chi connectivity index (χ0n) is 16.1. The van der Waals surface area contributed by atoms with Crippen LogP contribution in [0.4, 0.5) is 0 Å². The van der Waals surface area contributed by atoms with Crippen LogP contribution >= 0.6 is 0 Å². The van der Waals surface area contributed by atoms with E-state index in [1.54, 1.807) is 0 Å². The summed E-state index contributed by atoms with van der Waals surface area (Å²) in [5.41, 5.74) is 8.32. The molecule has 2 rings (SSSR count). The highest BCUT2D eigenvalue weighted by molar-refractivity contribution is 5.98. The van der Waals surface area contributed by atoms with Gasteiger partial charge < -0.3 is 10.5 Å². The molecule has 136 valence electrons. The van der Waals surface area contributed by atoms with Crippen molar-refractivity contribution >= 4 is 5.78 Å². The SMILES string of the molecule is CC(C)=CCCC(C)CC1C(C#N)=C(N)OC2=C1C(=O)CC(C)(C)C2. The van der Waals surface area contributed by atoms with Crippen molar-refractivity contribution in [1.82, 2.24) is 0 Å². The van der Waals surface area contributed by atoms with Gasteiger partial charge in [-0.3, -0.25) is 4.79 Å². The minimum Gasteiger partial charge on any atom is -0.444 e. The van der Waals surface area contributed by atoms with Gasteiger partial charge in [-0.05, 0) is 44.4 Å². The number of hydrogen-bond acceptors (Lipinski definition) is 4. The molecule has 25 heavy (non-hydrogen) atoms. The summed E-state index contributed by atoms with van der Waals surface area (Å²) in [6.07, 6.45) is 6.22. The number of carbonyl (C=O) groups excluding carboxylic acids is 1. The predicted molar refractivity (Wildman–Crippen MR) is 98.9 cm³/mol. The van der Waals surface area contributed by atoms with E-state index in [1.807, 2.05) is 0 Å². The number of nitrogens with two attached hydrogens (primary N) is 1. The maximum absolute atomic E-state index is 12.8. The molecular formula is C21H30N2O2. The Kier molecular flexibility index (Phi) is 5.77. The fourth-order valence-corrected chi connectivity index (χ4v) is 3.81. The molecule has 0 saturated heterocycles. The van der Waals surface area contributed by atoms with Crippen LogP contribution in [0.5, 0.6) is 0 Å². The first-order chi connectivity index (χ1) is 11.6. The average Bonchev–Trinajstić information content (AvgIpc) is 2.44. The third-order valence-corrected chi connectivity index (χ3v) is 5.05. The van der Waals surface area contributed by atoms with Crippen molar-refractivity contribution in [3.8, 4) is 6.07 Å². The Morgan fingerprint density at radius 2 is 2.12 bits per heavy atom. The van der Waals surface area contributed by atoms with E-state index in [-0.39, 0.29) is 23.0 Å². The van der Waals surface area contributed by atoms with Crippen molar-refractivity contribution in [2.24, 2.45) is 23.0 Å². The molecule has 0 radical (unpaired) electrons. The van der Waals surface area contributed by atoms with Crippen LogP contribution in [0.3, 0.4) is 0 Å². The Morgan fingerprint density at radius 1 is 1.44 bits per heavy atom. The van der Waals surface area contributed by atoms with Gasteiger partial charge in [-0.25, -0.2) is 0 Å². The lowest BCUT2D eigenvalue weighted by atomic mass is 9.70. The van der Waals surface area contributed by atoms with Crippen LogP contribution in [0.1, 0.15) is 66.7 Å². The smallest absolute Gasteiger partial charge is 0.204 e. The summed E-state index contributed by atoms with van der Waals surface area (Å²) in [6.45, 7) is 10.5. The van der Waals surface area contributed by atoms with Crippen LogP contribution in [0.15, 0.2) is 34.4 Å². The lowest BCUT2D eigenvalue weighted by Gasteiger charge is -2.37. The normalized spacial score (nSPS) is 23.5. The molecule has 1 heterocycles.